The lowest BCUT2D eigenvalue weighted by molar-refractivity contribution is 0.0931. The summed E-state index contributed by atoms with van der Waals surface area (Å²) < 4.78 is 5.90. The highest BCUT2D eigenvalue weighted by Gasteiger charge is 2.20. The Bertz CT molecular complexity index is 1020. The Morgan fingerprint density at radius 2 is 1.78 bits per heavy atom. The average molecular weight is 450 g/mol. The maximum Gasteiger partial charge on any atom is 0.252 e. The maximum absolute atomic E-state index is 13.4. The molecule has 0 saturated carbocycles. The number of carbonyl (C=O) groups is 1. The molecule has 1 amide bonds. The summed E-state index contributed by atoms with van der Waals surface area (Å²) in [7, 11) is 0. The van der Waals surface area contributed by atoms with Gasteiger partial charge in [0, 0.05) is 10.6 Å². The van der Waals surface area contributed by atoms with Crippen LogP contribution in [0.5, 0.6) is 5.75 Å². The number of halogens is 1. The van der Waals surface area contributed by atoms with Crippen molar-refractivity contribution >= 4 is 17.5 Å². The van der Waals surface area contributed by atoms with E-state index >= 15 is 0 Å². The predicted molar refractivity (Wildman–Crippen MR) is 132 cm³/mol. The highest BCUT2D eigenvalue weighted by molar-refractivity contribution is 6.30. The third-order valence-electron chi connectivity index (χ3n) is 5.35. The van der Waals surface area contributed by atoms with Gasteiger partial charge in [0.15, 0.2) is 0 Å². The quantitative estimate of drug-likeness (QED) is 0.350. The molecule has 0 aliphatic rings. The molecule has 1 N–H and O–H groups in total. The number of amides is 1. The van der Waals surface area contributed by atoms with Crippen molar-refractivity contribution in [3.05, 3.63) is 100 Å². The van der Waals surface area contributed by atoms with Gasteiger partial charge >= 0.3 is 0 Å². The van der Waals surface area contributed by atoms with E-state index in [1.54, 1.807) is 0 Å². The van der Waals surface area contributed by atoms with Gasteiger partial charge in [0.25, 0.3) is 5.91 Å². The lowest BCUT2D eigenvalue weighted by Crippen LogP contribution is -2.30. The van der Waals surface area contributed by atoms with E-state index < -0.39 is 0 Å². The van der Waals surface area contributed by atoms with Gasteiger partial charge in [-0.3, -0.25) is 4.79 Å². The third kappa shape index (κ3) is 6.86. The highest BCUT2D eigenvalue weighted by atomic mass is 35.5. The monoisotopic (exact) mass is 449 g/mol. The van der Waals surface area contributed by atoms with Crippen molar-refractivity contribution in [2.24, 2.45) is 5.92 Å². The molecule has 3 nitrogen and oxygen atoms in total. The number of hydrogen-bond donors (Lipinski definition) is 1. The van der Waals surface area contributed by atoms with E-state index in [0.717, 1.165) is 47.3 Å². The molecule has 0 heterocycles. The summed E-state index contributed by atoms with van der Waals surface area (Å²) in [6.07, 6.45) is 2.67. The maximum atomic E-state index is 13.4. The molecule has 0 radical (unpaired) electrons. The summed E-state index contributed by atoms with van der Waals surface area (Å²) in [5, 5.41) is 3.95. The molecular weight excluding hydrogens is 418 g/mol. The van der Waals surface area contributed by atoms with Crippen molar-refractivity contribution in [2.75, 3.05) is 0 Å². The largest absolute Gasteiger partial charge is 0.489 e. The van der Waals surface area contributed by atoms with Crippen molar-refractivity contribution in [3.63, 3.8) is 0 Å². The molecule has 0 bridgehead atoms. The Hall–Kier alpha value is -2.78. The van der Waals surface area contributed by atoms with Crippen LogP contribution < -0.4 is 10.1 Å². The number of benzene rings is 3. The molecule has 0 spiro atoms. The van der Waals surface area contributed by atoms with Gasteiger partial charge in [-0.05, 0) is 65.8 Å². The Labute approximate surface area is 196 Å². The first kappa shape index (κ1) is 23.9. The van der Waals surface area contributed by atoms with Crippen LogP contribution in [0.2, 0.25) is 5.02 Å². The zero-order valence-electron chi connectivity index (χ0n) is 19.1. The highest BCUT2D eigenvalue weighted by Crippen LogP contribution is 2.25. The number of aryl methyl sites for hydroxylation is 1. The van der Waals surface area contributed by atoms with Crippen LogP contribution in [0.4, 0.5) is 0 Å². The molecule has 168 valence electrons. The summed E-state index contributed by atoms with van der Waals surface area (Å²) in [4.78, 5) is 13.4. The summed E-state index contributed by atoms with van der Waals surface area (Å²) in [5.74, 6) is 1.19. The molecule has 32 heavy (non-hydrogen) atoms. The number of carbonyl (C=O) groups excluding carboxylic acids is 1. The average Bonchev–Trinajstić information content (AvgIpc) is 2.78. The standard InChI is InChI=1S/C28H32ClNO2/c1-4-9-22-15-14-21(19-32-25-12-6-5-7-13-25)17-26(22)28(31)30-27(16-20(2)3)23-10-8-11-24(29)18-23/h5-8,10-15,17-18,20,27H,4,9,16,19H2,1-3H3,(H,30,31). The van der Waals surface area contributed by atoms with Gasteiger partial charge in [0.2, 0.25) is 0 Å². The van der Waals surface area contributed by atoms with Crippen LogP contribution in [-0.4, -0.2) is 5.91 Å². The molecule has 0 aromatic heterocycles. The number of para-hydroxylation sites is 1. The first-order valence-electron chi connectivity index (χ1n) is 11.3. The van der Waals surface area contributed by atoms with Gasteiger partial charge in [0.05, 0.1) is 6.04 Å². The smallest absolute Gasteiger partial charge is 0.252 e. The normalized spacial score (nSPS) is 11.9. The van der Waals surface area contributed by atoms with Gasteiger partial charge in [-0.25, -0.2) is 0 Å². The fourth-order valence-corrected chi connectivity index (χ4v) is 4.00. The van der Waals surface area contributed by atoms with Crippen LogP contribution in [0, 0.1) is 5.92 Å². The van der Waals surface area contributed by atoms with E-state index in [4.69, 9.17) is 16.3 Å². The van der Waals surface area contributed by atoms with Crippen LogP contribution >= 0.6 is 11.6 Å². The van der Waals surface area contributed by atoms with E-state index in [0.29, 0.717) is 17.5 Å². The molecule has 0 aliphatic heterocycles. The number of hydrogen-bond acceptors (Lipinski definition) is 2. The SMILES string of the molecule is CCCc1ccc(COc2ccccc2)cc1C(=O)NC(CC(C)C)c1cccc(Cl)c1. The van der Waals surface area contributed by atoms with Crippen molar-refractivity contribution in [3.8, 4) is 5.75 Å². The fraction of sp³-hybridized carbons (Fsp3) is 0.321. The lowest BCUT2D eigenvalue weighted by Gasteiger charge is -2.22. The predicted octanol–water partition coefficient (Wildman–Crippen LogP) is 7.39. The van der Waals surface area contributed by atoms with Gasteiger partial charge in [-0.15, -0.1) is 0 Å². The molecule has 3 aromatic rings. The summed E-state index contributed by atoms with van der Waals surface area (Å²) in [5.41, 5.74) is 3.78. The zero-order valence-corrected chi connectivity index (χ0v) is 19.9. The molecule has 1 atom stereocenters. The van der Waals surface area contributed by atoms with Crippen LogP contribution in [0.1, 0.15) is 66.7 Å². The van der Waals surface area contributed by atoms with Crippen molar-refractivity contribution in [1.29, 1.82) is 0 Å². The van der Waals surface area contributed by atoms with Gasteiger partial charge < -0.3 is 10.1 Å². The van der Waals surface area contributed by atoms with Gasteiger partial charge in [-0.2, -0.15) is 0 Å². The molecule has 0 aliphatic carbocycles. The fourth-order valence-electron chi connectivity index (χ4n) is 3.80. The van der Waals surface area contributed by atoms with Crippen LogP contribution in [-0.2, 0) is 13.0 Å². The Balaban J connectivity index is 1.83. The van der Waals surface area contributed by atoms with E-state index in [1.165, 1.54) is 0 Å². The minimum Gasteiger partial charge on any atom is -0.489 e. The Morgan fingerprint density at radius 1 is 1.00 bits per heavy atom. The molecule has 3 rings (SSSR count). The molecule has 0 saturated heterocycles. The Morgan fingerprint density at radius 3 is 2.47 bits per heavy atom. The summed E-state index contributed by atoms with van der Waals surface area (Å²) in [6, 6.07) is 23.4. The minimum atomic E-state index is -0.0973. The molecule has 1 unspecified atom stereocenters. The van der Waals surface area contributed by atoms with Crippen molar-refractivity contribution in [2.45, 2.75) is 52.7 Å². The second kappa shape index (κ2) is 11.7. The zero-order chi connectivity index (χ0) is 22.9. The van der Waals surface area contributed by atoms with Crippen molar-refractivity contribution < 1.29 is 9.53 Å². The van der Waals surface area contributed by atoms with Crippen LogP contribution in [0.15, 0.2) is 72.8 Å². The number of rotatable bonds is 10. The topological polar surface area (TPSA) is 38.3 Å². The number of nitrogens with one attached hydrogen (secondary N) is 1. The molecular formula is C28H32ClNO2. The van der Waals surface area contributed by atoms with Crippen LogP contribution in [0.3, 0.4) is 0 Å². The third-order valence-corrected chi connectivity index (χ3v) is 5.59. The van der Waals surface area contributed by atoms with Gasteiger partial charge in [0.1, 0.15) is 12.4 Å². The lowest BCUT2D eigenvalue weighted by atomic mass is 9.95. The minimum absolute atomic E-state index is 0.0550. The van der Waals surface area contributed by atoms with Crippen LogP contribution in [0.25, 0.3) is 0 Å². The van der Waals surface area contributed by atoms with E-state index in [9.17, 15) is 4.79 Å². The van der Waals surface area contributed by atoms with E-state index in [1.807, 2.05) is 66.7 Å². The summed E-state index contributed by atoms with van der Waals surface area (Å²) >= 11 is 6.22. The molecule has 3 aromatic carbocycles. The summed E-state index contributed by atoms with van der Waals surface area (Å²) in [6.45, 7) is 6.86. The first-order chi connectivity index (χ1) is 15.5. The second-order valence-corrected chi connectivity index (χ2v) is 8.99. The molecule has 4 heteroatoms. The first-order valence-corrected chi connectivity index (χ1v) is 11.7. The molecule has 0 fully saturated rings. The Kier molecular flexibility index (Phi) is 8.75. The number of ether oxygens (including phenoxy) is 1. The van der Waals surface area contributed by atoms with E-state index in [2.05, 4.69) is 32.2 Å². The second-order valence-electron chi connectivity index (χ2n) is 8.55. The van der Waals surface area contributed by atoms with E-state index in [-0.39, 0.29) is 11.9 Å². The van der Waals surface area contributed by atoms with Crippen molar-refractivity contribution in [1.82, 2.24) is 5.32 Å². The van der Waals surface area contributed by atoms with Gasteiger partial charge in [-0.1, -0.05) is 81.3 Å².